The van der Waals surface area contributed by atoms with Gasteiger partial charge in [-0.05, 0) is 185 Å². The van der Waals surface area contributed by atoms with Crippen molar-refractivity contribution in [3.63, 3.8) is 0 Å². The molecule has 45 heteroatoms. The Bertz CT molecular complexity index is 5960. The van der Waals surface area contributed by atoms with Crippen molar-refractivity contribution in [3.05, 3.63) is 113 Å². The van der Waals surface area contributed by atoms with E-state index >= 15 is 0 Å². The Hall–Kier alpha value is -7.38. The third kappa shape index (κ3) is 20.4. The van der Waals surface area contributed by atoms with Crippen LogP contribution in [0.15, 0.2) is 55.6 Å². The number of hydrogen-bond acceptors (Lipinski definition) is 29. The quantitative estimate of drug-likeness (QED) is 0.0487. The number of aryl methyl sites for hydroxylation is 5. The second-order valence-electron chi connectivity index (χ2n) is 37.5. The number of hydrogen-bond donors (Lipinski definition) is 13. The van der Waals surface area contributed by atoms with Crippen LogP contribution in [0.4, 0.5) is 4.39 Å². The highest BCUT2D eigenvalue weighted by atomic mass is 31.2. The molecule has 6 aliphatic heterocycles. The van der Waals surface area contributed by atoms with Crippen LogP contribution < -0.4 is 27.8 Å². The summed E-state index contributed by atoms with van der Waals surface area (Å²) in [6, 6.07) is 0. The Morgan fingerprint density at radius 3 is 1.06 bits per heavy atom. The van der Waals surface area contributed by atoms with E-state index < -0.39 is 155 Å². The largest absolute Gasteiger partial charge is 0.387 e. The summed E-state index contributed by atoms with van der Waals surface area (Å²) in [7, 11) is 0. The molecule has 10 aromatic heterocycles. The van der Waals surface area contributed by atoms with Gasteiger partial charge in [0.25, 0.3) is 27.8 Å². The van der Waals surface area contributed by atoms with E-state index in [1.165, 1.54) is 63.8 Å². The fourth-order valence-electron chi connectivity index (χ4n) is 15.9. The van der Waals surface area contributed by atoms with Crippen molar-refractivity contribution >= 4 is 122 Å². The molecule has 682 valence electrons. The van der Waals surface area contributed by atoms with Crippen LogP contribution in [0.25, 0.3) is 55.8 Å². The van der Waals surface area contributed by atoms with Crippen LogP contribution >= 0.6 is 34.4 Å². The summed E-state index contributed by atoms with van der Waals surface area (Å²) in [4.78, 5) is 115. The highest BCUT2D eigenvalue weighted by Gasteiger charge is 2.62. The SMILES string of the molecule is C=P(C)(C)CC[C@@]1(C)OC(n2cnc3c(=O)[nH]c(C)nc32)[C@H](O)[C@@H]1O.C=P(C)(C)CC[C@@]12CO[C@@H](C(n3cnc4c(=O)[nH]c(C)nc43)O1)[C@@H]2O.C=P(C)(C)CC[C@H]1OC(n2cnc3c(=O)[nH]c(C)nc32)[C@@](C)(O)[C@@H]1O.C=P(C)(C)CC[C@H]1OC(n2cnc3c(=O)[nH]c(C)nc32)[C@H](F)[C@@H]1O.C=P(C)(C)CC[C@H]1OC(n2cnc3c(=O)[nH]c(C)nc32)[C@](C)(O)[C@@H]1O. The molecular weight excluding hydrogens is 1710 g/mol. The molecule has 5 unspecified atom stereocenters. The summed E-state index contributed by atoms with van der Waals surface area (Å²) in [6.07, 6.45) is 21.1. The summed E-state index contributed by atoms with van der Waals surface area (Å²) >= 11 is 0. The number of H-pyrrole nitrogens is 5. The summed E-state index contributed by atoms with van der Waals surface area (Å²) < 4.78 is 58.1. The summed E-state index contributed by atoms with van der Waals surface area (Å²) in [5.74, 6) is 2.24. The molecule has 0 amide bonds. The van der Waals surface area contributed by atoms with E-state index in [0.29, 0.717) is 90.4 Å². The average molecular weight is 1830 g/mol. The molecule has 0 saturated carbocycles. The van der Waals surface area contributed by atoms with Crippen LogP contribution in [0.2, 0.25) is 0 Å². The number of fused-ring (bicyclic) bond motifs is 7. The van der Waals surface area contributed by atoms with Crippen molar-refractivity contribution in [1.82, 2.24) is 97.6 Å². The van der Waals surface area contributed by atoms with Crippen LogP contribution in [-0.4, -0.2) is 364 Å². The molecule has 0 aromatic carbocycles. The maximum Gasteiger partial charge on any atom is 0.279 e. The van der Waals surface area contributed by atoms with Crippen molar-refractivity contribution in [2.24, 2.45) is 0 Å². The topological polar surface area (TPSA) is 535 Å². The first-order chi connectivity index (χ1) is 57.4. The van der Waals surface area contributed by atoms with Crippen LogP contribution in [0.1, 0.15) is 113 Å². The third-order valence-corrected chi connectivity index (χ3v) is 30.2. The molecule has 16 rings (SSSR count). The number of aromatic nitrogens is 20. The summed E-state index contributed by atoms with van der Waals surface area (Å²) in [5.41, 5.74) is -3.82. The number of aliphatic hydroxyl groups excluding tert-OH is 6. The van der Waals surface area contributed by atoms with E-state index in [0.717, 1.165) is 30.8 Å². The van der Waals surface area contributed by atoms with Crippen molar-refractivity contribution in [2.45, 2.75) is 208 Å². The second-order valence-corrected chi connectivity index (χ2v) is 59.1. The minimum atomic E-state index is -1.61. The van der Waals surface area contributed by atoms with Crippen LogP contribution in [0.5, 0.6) is 0 Å². The van der Waals surface area contributed by atoms with Crippen molar-refractivity contribution in [1.29, 1.82) is 0 Å². The van der Waals surface area contributed by atoms with E-state index in [4.69, 9.17) is 28.4 Å². The van der Waals surface area contributed by atoms with Crippen LogP contribution in [0, 0.1) is 34.6 Å². The Labute approximate surface area is 714 Å². The first-order valence-electron chi connectivity index (χ1n) is 40.6. The maximum atomic E-state index is 14.6. The fraction of sp³-hybridized carbons (Fsp3) is 0.620. The lowest BCUT2D eigenvalue weighted by Crippen LogP contribution is -2.43. The highest BCUT2D eigenvalue weighted by Crippen LogP contribution is 2.52. The standard InChI is InChI=1S/C16H23N4O4P.3C16H25N4O4P.C15H22FN4O3P/c1-9-18-13-10(14(22)19-9)17-8-20(13)15-11-12(21)16(24-15,7-23-11)5-6-25(2,3)4;1-9-18-13-10(14(23)19-9)17-8-20(13)15-11(21)12(22)16(2,24-15)6-7-25(3,4)5;2*1-9-18-13-11(14(22)19-9)17-8-20(13)15-16(2,23)12(21)10(24-15)6-7-25(3,4)5;1-8-18-13-11(14(22)19-8)17-7-20(13)15-10(16)12(21)9(23-15)5-6-24(2,3)4/h8,11-12,15,21H,2,5-7H2,1,3-4H3,(H,18,19,22);8,11-12,15,21-22H,3,6-7H2,1-2,4-5H3,(H,18,19,23);2*8,10,12,15,21,23H,3,6-7H2,1-2,4-5H3,(H,18,19,22);7,9-10,12,15,21H,2,5-6H2,1,3-4H3,(H,18,19,22)/t11-,12+,15?,16+;11-,12+,15?,16-;10-,12-,15?,16+;10-,12-,15?,16-;9-,10-,12-,15?/m11111/s1. The van der Waals surface area contributed by atoms with Gasteiger partial charge >= 0.3 is 0 Å². The van der Waals surface area contributed by atoms with E-state index in [9.17, 15) is 69.2 Å². The first kappa shape index (κ1) is 95.7. The van der Waals surface area contributed by atoms with Gasteiger partial charge in [-0.3, -0.25) is 46.8 Å². The lowest BCUT2D eigenvalue weighted by Gasteiger charge is -2.32. The van der Waals surface area contributed by atoms with Gasteiger partial charge in [0.2, 0.25) is 0 Å². The minimum absolute atomic E-state index is 0.124. The van der Waals surface area contributed by atoms with E-state index in [1.54, 1.807) is 46.1 Å². The van der Waals surface area contributed by atoms with Gasteiger partial charge in [-0.1, -0.05) is 0 Å². The van der Waals surface area contributed by atoms with Gasteiger partial charge in [-0.2, -0.15) is 0 Å². The molecule has 2 bridgehead atoms. The van der Waals surface area contributed by atoms with E-state index in [2.05, 4.69) is 173 Å². The minimum Gasteiger partial charge on any atom is -0.387 e. The normalized spacial score (nSPS) is 30.1. The third-order valence-electron chi connectivity index (χ3n) is 22.9. The molecule has 0 radical (unpaired) electrons. The van der Waals surface area contributed by atoms with Gasteiger partial charge in [0.05, 0.1) is 62.2 Å². The number of aliphatic hydroxyl groups is 8. The van der Waals surface area contributed by atoms with E-state index in [1.807, 2.05) is 0 Å². The number of alkyl halides is 1. The second kappa shape index (κ2) is 35.6. The van der Waals surface area contributed by atoms with Gasteiger partial charge in [0.1, 0.15) is 88.7 Å². The molecule has 10 aromatic rings. The number of nitrogens with one attached hydrogen (secondary N) is 5. The predicted octanol–water partition coefficient (Wildman–Crippen LogP) is 3.29. The Morgan fingerprint density at radius 2 is 0.718 bits per heavy atom. The lowest BCUT2D eigenvalue weighted by molar-refractivity contribution is -0.172. The molecule has 6 aliphatic rings. The number of imidazole rings is 5. The number of aromatic amines is 5. The van der Waals surface area contributed by atoms with Gasteiger partial charge < -0.3 is 94.2 Å². The molecule has 20 atom stereocenters. The van der Waals surface area contributed by atoms with Gasteiger partial charge in [-0.25, -0.2) is 54.2 Å². The molecule has 6 saturated heterocycles. The zero-order chi connectivity index (χ0) is 91.3. The van der Waals surface area contributed by atoms with Crippen LogP contribution in [0.3, 0.4) is 0 Å². The van der Waals surface area contributed by atoms with Crippen molar-refractivity contribution in [2.75, 3.05) is 104 Å². The van der Waals surface area contributed by atoms with E-state index in [-0.39, 0.29) is 61.0 Å². The first-order valence-corrected chi connectivity index (χ1v) is 55.8. The lowest BCUT2D eigenvalue weighted by atomic mass is 9.95. The molecule has 6 fully saturated rings. The predicted molar refractivity (Wildman–Crippen MR) is 486 cm³/mol. The number of ether oxygens (including phenoxy) is 6. The zero-order valence-corrected chi connectivity index (χ0v) is 77.8. The molecule has 16 heterocycles. The average Bonchev–Trinajstić information content (AvgIpc) is 1.58. The van der Waals surface area contributed by atoms with Crippen molar-refractivity contribution < 1.29 is 73.7 Å². The Morgan fingerprint density at radius 1 is 0.411 bits per heavy atom. The Balaban J connectivity index is 0.000000141. The highest BCUT2D eigenvalue weighted by molar-refractivity contribution is 7.73. The van der Waals surface area contributed by atoms with Crippen molar-refractivity contribution in [3.8, 4) is 0 Å². The zero-order valence-electron chi connectivity index (χ0n) is 73.3. The number of halogens is 1. The van der Waals surface area contributed by atoms with Gasteiger partial charge in [0, 0.05) is 0 Å². The molecular formula is C79H120FN20O19P5. The molecule has 13 N–H and O–H groups in total. The fourth-order valence-corrected chi connectivity index (χ4v) is 20.8. The molecule has 0 aliphatic carbocycles. The maximum absolute atomic E-state index is 14.6. The molecule has 0 spiro atoms. The van der Waals surface area contributed by atoms with Gasteiger partial charge in [0.15, 0.2) is 93.1 Å². The summed E-state index contributed by atoms with van der Waals surface area (Å²) in [5, 5.41) is 84.8. The summed E-state index contributed by atoms with van der Waals surface area (Å²) in [6.45, 7) is 28.4. The van der Waals surface area contributed by atoms with Crippen LogP contribution in [-0.2, 0) is 28.4 Å². The molecule has 39 nitrogen and oxygen atoms in total. The number of rotatable bonds is 20. The number of nitrogens with zero attached hydrogens (tertiary/aromatic N) is 15. The smallest absolute Gasteiger partial charge is 0.279 e. The Kier molecular flexibility index (Phi) is 27.5. The monoisotopic (exact) mass is 1830 g/mol. The molecule has 124 heavy (non-hydrogen) atoms. The van der Waals surface area contributed by atoms with Gasteiger partial charge in [-0.15, -0.1) is 65.9 Å².